The van der Waals surface area contributed by atoms with E-state index < -0.39 is 0 Å². The standard InChI is InChI=1S/C14H14ClNO2S2/c1-3-18-13(17)12-9(2)16-14(20-12)19-8-10-4-6-11(15)7-5-10/h4-7H,3,8H2,1-2H3. The second-order valence-electron chi connectivity index (χ2n) is 4.03. The highest BCUT2D eigenvalue weighted by Gasteiger charge is 2.16. The van der Waals surface area contributed by atoms with E-state index in [1.165, 1.54) is 16.9 Å². The zero-order chi connectivity index (χ0) is 14.5. The van der Waals surface area contributed by atoms with Crippen LogP contribution in [0.3, 0.4) is 0 Å². The van der Waals surface area contributed by atoms with Gasteiger partial charge in [-0.05, 0) is 31.5 Å². The quantitative estimate of drug-likeness (QED) is 0.595. The molecule has 3 nitrogen and oxygen atoms in total. The van der Waals surface area contributed by atoms with Crippen molar-refractivity contribution in [3.63, 3.8) is 0 Å². The van der Waals surface area contributed by atoms with Crippen LogP contribution < -0.4 is 0 Å². The fraction of sp³-hybridized carbons (Fsp3) is 0.286. The Kier molecular flexibility index (Phi) is 5.46. The Morgan fingerprint density at radius 3 is 2.75 bits per heavy atom. The molecule has 0 N–H and O–H groups in total. The van der Waals surface area contributed by atoms with E-state index in [1.54, 1.807) is 18.7 Å². The van der Waals surface area contributed by atoms with Crippen LogP contribution in [-0.4, -0.2) is 17.6 Å². The first kappa shape index (κ1) is 15.4. The van der Waals surface area contributed by atoms with Crippen molar-refractivity contribution in [1.29, 1.82) is 0 Å². The van der Waals surface area contributed by atoms with Crippen molar-refractivity contribution in [1.82, 2.24) is 4.98 Å². The van der Waals surface area contributed by atoms with Crippen LogP contribution in [0.1, 0.15) is 27.9 Å². The van der Waals surface area contributed by atoms with Crippen LogP contribution in [0.2, 0.25) is 5.02 Å². The Morgan fingerprint density at radius 2 is 2.10 bits per heavy atom. The van der Waals surface area contributed by atoms with Crippen LogP contribution in [0, 0.1) is 6.92 Å². The molecule has 6 heteroatoms. The van der Waals surface area contributed by atoms with Crippen molar-refractivity contribution in [2.75, 3.05) is 6.61 Å². The van der Waals surface area contributed by atoms with Gasteiger partial charge in [-0.3, -0.25) is 0 Å². The molecule has 0 atom stereocenters. The lowest BCUT2D eigenvalue weighted by Crippen LogP contribution is -2.03. The number of carbonyl (C=O) groups is 1. The summed E-state index contributed by atoms with van der Waals surface area (Å²) in [6.07, 6.45) is 0. The molecule has 1 aromatic heterocycles. The summed E-state index contributed by atoms with van der Waals surface area (Å²) in [5.41, 5.74) is 1.90. The number of ether oxygens (including phenoxy) is 1. The Hall–Kier alpha value is -1.04. The Balaban J connectivity index is 2.01. The molecule has 1 heterocycles. The summed E-state index contributed by atoms with van der Waals surface area (Å²) >= 11 is 8.84. The van der Waals surface area contributed by atoms with E-state index in [0.717, 1.165) is 20.8 Å². The molecule has 2 rings (SSSR count). The van der Waals surface area contributed by atoms with Gasteiger partial charge in [0, 0.05) is 10.8 Å². The van der Waals surface area contributed by atoms with Crippen LogP contribution in [0.4, 0.5) is 0 Å². The van der Waals surface area contributed by atoms with Crippen molar-refractivity contribution < 1.29 is 9.53 Å². The number of thiazole rings is 1. The van der Waals surface area contributed by atoms with E-state index in [2.05, 4.69) is 4.98 Å². The summed E-state index contributed by atoms with van der Waals surface area (Å²) in [6, 6.07) is 7.72. The van der Waals surface area contributed by atoms with Gasteiger partial charge in [0.05, 0.1) is 12.3 Å². The van der Waals surface area contributed by atoms with E-state index in [9.17, 15) is 4.79 Å². The Labute approximate surface area is 131 Å². The molecule has 0 bridgehead atoms. The van der Waals surface area contributed by atoms with Gasteiger partial charge in [-0.25, -0.2) is 9.78 Å². The summed E-state index contributed by atoms with van der Waals surface area (Å²) in [7, 11) is 0. The third-order valence-electron chi connectivity index (χ3n) is 2.51. The first-order valence-electron chi connectivity index (χ1n) is 6.12. The largest absolute Gasteiger partial charge is 0.462 e. The van der Waals surface area contributed by atoms with Gasteiger partial charge in [-0.2, -0.15) is 0 Å². The molecular formula is C14H14ClNO2S2. The lowest BCUT2D eigenvalue weighted by Gasteiger charge is -1.99. The van der Waals surface area contributed by atoms with Crippen LogP contribution in [0.5, 0.6) is 0 Å². The second kappa shape index (κ2) is 7.11. The van der Waals surface area contributed by atoms with Crippen molar-refractivity contribution in [3.8, 4) is 0 Å². The summed E-state index contributed by atoms with van der Waals surface area (Å²) in [4.78, 5) is 16.7. The van der Waals surface area contributed by atoms with Crippen LogP contribution in [0.15, 0.2) is 28.6 Å². The lowest BCUT2D eigenvalue weighted by atomic mass is 10.2. The fourth-order valence-electron chi connectivity index (χ4n) is 1.55. The number of carbonyl (C=O) groups excluding carboxylic acids is 1. The Bertz CT molecular complexity index is 596. The molecule has 0 aliphatic heterocycles. The third-order valence-corrected chi connectivity index (χ3v) is 5.12. The highest BCUT2D eigenvalue weighted by atomic mass is 35.5. The number of aryl methyl sites for hydroxylation is 1. The van der Waals surface area contributed by atoms with Gasteiger partial charge in [0.2, 0.25) is 0 Å². The number of hydrogen-bond donors (Lipinski definition) is 0. The van der Waals surface area contributed by atoms with E-state index in [-0.39, 0.29) is 5.97 Å². The molecule has 1 aromatic carbocycles. The van der Waals surface area contributed by atoms with Crippen molar-refractivity contribution >= 4 is 40.7 Å². The number of nitrogens with zero attached hydrogens (tertiary/aromatic N) is 1. The molecule has 0 saturated carbocycles. The monoisotopic (exact) mass is 327 g/mol. The molecule has 20 heavy (non-hydrogen) atoms. The highest BCUT2D eigenvalue weighted by Crippen LogP contribution is 2.30. The number of rotatable bonds is 5. The predicted octanol–water partition coefficient (Wildman–Crippen LogP) is 4.57. The number of esters is 1. The molecular weight excluding hydrogens is 314 g/mol. The minimum absolute atomic E-state index is 0.291. The number of hydrogen-bond acceptors (Lipinski definition) is 5. The maximum Gasteiger partial charge on any atom is 0.350 e. The lowest BCUT2D eigenvalue weighted by molar-refractivity contribution is 0.0531. The van der Waals surface area contributed by atoms with Crippen molar-refractivity contribution in [2.24, 2.45) is 0 Å². The van der Waals surface area contributed by atoms with Gasteiger partial charge >= 0.3 is 5.97 Å². The summed E-state index contributed by atoms with van der Waals surface area (Å²) < 4.78 is 5.88. The normalized spacial score (nSPS) is 10.6. The molecule has 0 fully saturated rings. The molecule has 2 aromatic rings. The van der Waals surface area contributed by atoms with Crippen molar-refractivity contribution in [3.05, 3.63) is 45.4 Å². The molecule has 0 amide bonds. The molecule has 0 saturated heterocycles. The smallest absolute Gasteiger partial charge is 0.350 e. The zero-order valence-electron chi connectivity index (χ0n) is 11.2. The first-order valence-corrected chi connectivity index (χ1v) is 8.30. The average Bonchev–Trinajstić information content (AvgIpc) is 2.80. The summed E-state index contributed by atoms with van der Waals surface area (Å²) in [6.45, 7) is 4.00. The molecule has 106 valence electrons. The van der Waals surface area contributed by atoms with Crippen LogP contribution in [-0.2, 0) is 10.5 Å². The molecule has 0 unspecified atom stereocenters. The van der Waals surface area contributed by atoms with E-state index >= 15 is 0 Å². The zero-order valence-corrected chi connectivity index (χ0v) is 13.6. The minimum Gasteiger partial charge on any atom is -0.462 e. The molecule has 0 spiro atoms. The number of halogens is 1. The first-order chi connectivity index (χ1) is 9.60. The number of benzene rings is 1. The molecule has 0 radical (unpaired) electrons. The van der Waals surface area contributed by atoms with E-state index in [1.807, 2.05) is 31.2 Å². The SMILES string of the molecule is CCOC(=O)c1sc(SCc2ccc(Cl)cc2)nc1C. The number of aromatic nitrogens is 1. The van der Waals surface area contributed by atoms with Gasteiger partial charge in [-0.15, -0.1) is 11.3 Å². The molecule has 0 aliphatic rings. The van der Waals surface area contributed by atoms with Gasteiger partial charge in [0.1, 0.15) is 4.88 Å². The Morgan fingerprint density at radius 1 is 1.40 bits per heavy atom. The van der Waals surface area contributed by atoms with Gasteiger partial charge < -0.3 is 4.74 Å². The van der Waals surface area contributed by atoms with E-state index in [0.29, 0.717) is 11.5 Å². The molecule has 0 aliphatic carbocycles. The minimum atomic E-state index is -0.291. The third kappa shape index (κ3) is 3.98. The number of thioether (sulfide) groups is 1. The topological polar surface area (TPSA) is 39.2 Å². The predicted molar refractivity (Wildman–Crippen MR) is 83.8 cm³/mol. The van der Waals surface area contributed by atoms with Crippen molar-refractivity contribution in [2.45, 2.75) is 23.9 Å². The van der Waals surface area contributed by atoms with Crippen LogP contribution >= 0.6 is 34.7 Å². The maximum atomic E-state index is 11.7. The fourth-order valence-corrected chi connectivity index (χ4v) is 3.71. The summed E-state index contributed by atoms with van der Waals surface area (Å²) in [5, 5.41) is 0.730. The van der Waals surface area contributed by atoms with Gasteiger partial charge in [-0.1, -0.05) is 35.5 Å². The maximum absolute atomic E-state index is 11.7. The van der Waals surface area contributed by atoms with Gasteiger partial charge in [0.15, 0.2) is 4.34 Å². The average molecular weight is 328 g/mol. The van der Waals surface area contributed by atoms with Crippen LogP contribution in [0.25, 0.3) is 0 Å². The summed E-state index contributed by atoms with van der Waals surface area (Å²) in [5.74, 6) is 0.507. The van der Waals surface area contributed by atoms with Gasteiger partial charge in [0.25, 0.3) is 0 Å². The highest BCUT2D eigenvalue weighted by molar-refractivity contribution is 8.00. The van der Waals surface area contributed by atoms with E-state index in [4.69, 9.17) is 16.3 Å². The second-order valence-corrected chi connectivity index (χ2v) is 6.69.